The Bertz CT molecular complexity index is 1080. The molecule has 2 aromatic rings. The van der Waals surface area contributed by atoms with E-state index >= 15 is 0 Å². The van der Waals surface area contributed by atoms with E-state index in [4.69, 9.17) is 15.3 Å². The second kappa shape index (κ2) is 7.67. The maximum Gasteiger partial charge on any atom is 0.131 e. The summed E-state index contributed by atoms with van der Waals surface area (Å²) in [6.07, 6.45) is 8.10. The zero-order valence-electron chi connectivity index (χ0n) is 17.6. The summed E-state index contributed by atoms with van der Waals surface area (Å²) in [6, 6.07) is 8.03. The Morgan fingerprint density at radius 2 is 1.34 bits per heavy atom. The van der Waals surface area contributed by atoms with Crippen LogP contribution in [-0.2, 0) is 4.74 Å². The molecule has 148 valence electrons. The average molecular weight is 421 g/mol. The first-order valence-electron chi connectivity index (χ1n) is 9.39. The summed E-state index contributed by atoms with van der Waals surface area (Å²) in [6.45, 7) is 13.0. The zero-order valence-corrected chi connectivity index (χ0v) is 19.2. The monoisotopic (exact) mass is 420 g/mol. The zero-order chi connectivity index (χ0) is 21.4. The van der Waals surface area contributed by atoms with Gasteiger partial charge in [0.15, 0.2) is 0 Å². The Labute approximate surface area is 180 Å². The molecule has 1 aliphatic rings. The fourth-order valence-electron chi connectivity index (χ4n) is 2.76. The Morgan fingerprint density at radius 3 is 1.83 bits per heavy atom. The van der Waals surface area contributed by atoms with E-state index in [1.807, 2.05) is 18.2 Å². The van der Waals surface area contributed by atoms with Crippen molar-refractivity contribution in [3.8, 4) is 12.1 Å². The van der Waals surface area contributed by atoms with Gasteiger partial charge in [0.25, 0.3) is 0 Å². The molecule has 3 nitrogen and oxygen atoms in total. The van der Waals surface area contributed by atoms with Crippen LogP contribution in [0, 0.1) is 33.5 Å². The fraction of sp³-hybridized carbons (Fsp3) is 0.333. The van der Waals surface area contributed by atoms with E-state index in [2.05, 4.69) is 65.8 Å². The van der Waals surface area contributed by atoms with E-state index in [1.165, 1.54) is 4.88 Å². The molecule has 3 heterocycles. The van der Waals surface area contributed by atoms with Gasteiger partial charge in [-0.2, -0.15) is 10.5 Å². The molecule has 0 aromatic carbocycles. The second-order valence-corrected chi connectivity index (χ2v) is 11.3. The highest BCUT2D eigenvalue weighted by molar-refractivity contribution is 7.28. The van der Waals surface area contributed by atoms with Crippen LogP contribution in [0.25, 0.3) is 21.6 Å². The number of hydrogen-bond donors (Lipinski definition) is 0. The van der Waals surface area contributed by atoms with Gasteiger partial charge in [0.05, 0.1) is 0 Å². The van der Waals surface area contributed by atoms with Crippen LogP contribution in [0.2, 0.25) is 0 Å². The molecule has 0 amide bonds. The molecule has 0 fully saturated rings. The van der Waals surface area contributed by atoms with Crippen molar-refractivity contribution in [2.45, 2.75) is 41.5 Å². The minimum Gasteiger partial charge on any atom is -0.465 e. The summed E-state index contributed by atoms with van der Waals surface area (Å²) >= 11 is 3.31. The van der Waals surface area contributed by atoms with Crippen LogP contribution in [0.15, 0.2) is 46.9 Å². The first kappa shape index (κ1) is 21.1. The quantitative estimate of drug-likeness (QED) is 0.468. The van der Waals surface area contributed by atoms with E-state index in [1.54, 1.807) is 28.7 Å². The fourth-order valence-corrected chi connectivity index (χ4v) is 5.08. The summed E-state index contributed by atoms with van der Waals surface area (Å²) in [5.74, 6) is 1.95. The molecule has 29 heavy (non-hydrogen) atoms. The summed E-state index contributed by atoms with van der Waals surface area (Å²) < 4.78 is 8.55. The SMILES string of the molecule is CC(C)(C)C1=CC(=Cc2cc3sc(C=C(C#N)C#N)cc3s2)C=C(C(C)(C)C)O1. The van der Waals surface area contributed by atoms with E-state index in [9.17, 15) is 0 Å². The molecule has 0 aliphatic carbocycles. The third kappa shape index (κ3) is 4.88. The van der Waals surface area contributed by atoms with Gasteiger partial charge in [0, 0.05) is 30.0 Å². The van der Waals surface area contributed by atoms with Gasteiger partial charge in [-0.3, -0.25) is 0 Å². The van der Waals surface area contributed by atoms with E-state index < -0.39 is 0 Å². The molecular formula is C24H24N2OS2. The predicted octanol–water partition coefficient (Wildman–Crippen LogP) is 7.67. The Morgan fingerprint density at radius 1 is 0.862 bits per heavy atom. The minimum absolute atomic E-state index is 0.0694. The van der Waals surface area contributed by atoms with Crippen LogP contribution < -0.4 is 0 Å². The molecule has 2 aromatic heterocycles. The third-order valence-electron chi connectivity index (χ3n) is 4.38. The lowest BCUT2D eigenvalue weighted by atomic mass is 9.87. The molecule has 3 rings (SSSR count). The van der Waals surface area contributed by atoms with Crippen molar-refractivity contribution in [2.24, 2.45) is 10.8 Å². The number of hydrogen-bond acceptors (Lipinski definition) is 5. The van der Waals surface area contributed by atoms with Gasteiger partial charge in [0.2, 0.25) is 0 Å². The van der Waals surface area contributed by atoms with Crippen LogP contribution in [0.3, 0.4) is 0 Å². The number of rotatable bonds is 2. The lowest BCUT2D eigenvalue weighted by molar-refractivity contribution is 0.161. The van der Waals surface area contributed by atoms with Crippen molar-refractivity contribution in [1.82, 2.24) is 0 Å². The van der Waals surface area contributed by atoms with Gasteiger partial charge in [-0.05, 0) is 42.0 Å². The Kier molecular flexibility index (Phi) is 5.59. The van der Waals surface area contributed by atoms with Crippen molar-refractivity contribution in [3.63, 3.8) is 0 Å². The van der Waals surface area contributed by atoms with Gasteiger partial charge in [-0.15, -0.1) is 22.7 Å². The summed E-state index contributed by atoms with van der Waals surface area (Å²) in [5, 5.41) is 17.9. The second-order valence-electron chi connectivity index (χ2n) is 9.07. The van der Waals surface area contributed by atoms with Gasteiger partial charge in [-0.1, -0.05) is 41.5 Å². The van der Waals surface area contributed by atoms with Crippen LogP contribution in [0.4, 0.5) is 0 Å². The summed E-state index contributed by atoms with van der Waals surface area (Å²) in [4.78, 5) is 2.10. The molecule has 0 spiro atoms. The number of allylic oxidation sites excluding steroid dienone is 6. The molecule has 0 radical (unpaired) electrons. The molecular weight excluding hydrogens is 396 g/mol. The standard InChI is InChI=1S/C24H24N2OS2/c1-23(2,3)21-9-15(10-22(27-21)24(4,5)6)7-17-11-19-20(28-17)12-18(29-19)8-16(13-25)14-26/h7-12H,1-6H3. The summed E-state index contributed by atoms with van der Waals surface area (Å²) in [5.41, 5.74) is 1.12. The van der Waals surface area contributed by atoms with Crippen molar-refractivity contribution >= 4 is 44.2 Å². The lowest BCUT2D eigenvalue weighted by Gasteiger charge is -2.32. The van der Waals surface area contributed by atoms with Crippen molar-refractivity contribution < 1.29 is 4.74 Å². The predicted molar refractivity (Wildman–Crippen MR) is 123 cm³/mol. The normalized spacial score (nSPS) is 14.4. The van der Waals surface area contributed by atoms with Gasteiger partial charge < -0.3 is 4.74 Å². The first-order valence-corrected chi connectivity index (χ1v) is 11.0. The van der Waals surface area contributed by atoms with Crippen molar-refractivity contribution in [1.29, 1.82) is 10.5 Å². The molecule has 0 unspecified atom stereocenters. The van der Waals surface area contributed by atoms with Gasteiger partial charge in [0.1, 0.15) is 29.2 Å². The largest absolute Gasteiger partial charge is 0.465 e. The van der Waals surface area contributed by atoms with E-state index in [0.717, 1.165) is 31.4 Å². The number of ether oxygens (including phenoxy) is 1. The molecule has 5 heteroatoms. The lowest BCUT2D eigenvalue weighted by Crippen LogP contribution is -2.21. The molecule has 0 N–H and O–H groups in total. The molecule has 0 bridgehead atoms. The van der Waals surface area contributed by atoms with Crippen LogP contribution in [-0.4, -0.2) is 0 Å². The summed E-state index contributed by atoms with van der Waals surface area (Å²) in [7, 11) is 0. The maximum atomic E-state index is 8.93. The molecule has 0 atom stereocenters. The van der Waals surface area contributed by atoms with Crippen LogP contribution in [0.5, 0.6) is 0 Å². The highest BCUT2D eigenvalue weighted by atomic mass is 32.1. The topological polar surface area (TPSA) is 56.8 Å². The highest BCUT2D eigenvalue weighted by Crippen LogP contribution is 2.40. The number of fused-ring (bicyclic) bond motifs is 1. The smallest absolute Gasteiger partial charge is 0.131 e. The van der Waals surface area contributed by atoms with Gasteiger partial charge in [-0.25, -0.2) is 0 Å². The first-order chi connectivity index (χ1) is 13.5. The Hall–Kier alpha value is -2.60. The van der Waals surface area contributed by atoms with Crippen LogP contribution in [0.1, 0.15) is 51.3 Å². The Balaban J connectivity index is 1.99. The number of nitrogens with zero attached hydrogens (tertiary/aromatic N) is 2. The molecule has 0 saturated carbocycles. The van der Waals surface area contributed by atoms with E-state index in [0.29, 0.717) is 0 Å². The molecule has 1 aliphatic heterocycles. The van der Waals surface area contributed by atoms with Crippen LogP contribution >= 0.6 is 22.7 Å². The highest BCUT2D eigenvalue weighted by Gasteiger charge is 2.28. The number of nitriles is 2. The average Bonchev–Trinajstić information content (AvgIpc) is 3.15. The maximum absolute atomic E-state index is 8.93. The minimum atomic E-state index is -0.0694. The third-order valence-corrected chi connectivity index (χ3v) is 6.56. The number of thiophene rings is 2. The molecule has 0 saturated heterocycles. The van der Waals surface area contributed by atoms with E-state index in [-0.39, 0.29) is 16.4 Å². The van der Waals surface area contributed by atoms with Crippen molar-refractivity contribution in [3.05, 3.63) is 56.7 Å². The van der Waals surface area contributed by atoms with Gasteiger partial charge >= 0.3 is 0 Å². The van der Waals surface area contributed by atoms with Crippen molar-refractivity contribution in [2.75, 3.05) is 0 Å².